The highest BCUT2D eigenvalue weighted by Crippen LogP contribution is 2.44. The summed E-state index contributed by atoms with van der Waals surface area (Å²) in [6.07, 6.45) is 0.749. The second-order valence-electron chi connectivity index (χ2n) is 10.0. The largest absolute Gasteiger partial charge is 0.416 e. The molecule has 194 valence electrons. The Bertz CT molecular complexity index is 1270. The standard InChI is InChI=1S/C28H26ClF4N3O/c29-22-8-9-25(34-16-22)27(15-17-4-2-1-3-5-17,20-12-21(28(31,32)33)14-23(30)13-20)36-26(37)35-24-11-18-6-7-19(24)10-18/h1-5,8-9,12-14,16,18-19,24H,6-7,10-11,15H2,(H2,35,36,37)/t18-,19+,24-,27-/m0/s1. The number of aromatic nitrogens is 1. The number of hydrogen-bond donors (Lipinski definition) is 2. The van der Waals surface area contributed by atoms with Crippen LogP contribution in [0.15, 0.2) is 66.9 Å². The van der Waals surface area contributed by atoms with Crippen LogP contribution in [0.4, 0.5) is 22.4 Å². The number of benzene rings is 2. The van der Waals surface area contributed by atoms with Gasteiger partial charge in [0, 0.05) is 18.7 Å². The summed E-state index contributed by atoms with van der Waals surface area (Å²) in [7, 11) is 0. The van der Waals surface area contributed by atoms with Gasteiger partial charge in [0.25, 0.3) is 0 Å². The number of alkyl halides is 3. The lowest BCUT2D eigenvalue weighted by Gasteiger charge is -2.36. The van der Waals surface area contributed by atoms with Crippen LogP contribution in [-0.4, -0.2) is 17.1 Å². The first kappa shape index (κ1) is 25.5. The number of carbonyl (C=O) groups is 1. The van der Waals surface area contributed by atoms with E-state index in [0.29, 0.717) is 22.9 Å². The second-order valence-corrected chi connectivity index (χ2v) is 10.5. The predicted molar refractivity (Wildman–Crippen MR) is 132 cm³/mol. The Labute approximate surface area is 217 Å². The lowest BCUT2D eigenvalue weighted by Crippen LogP contribution is -2.55. The lowest BCUT2D eigenvalue weighted by atomic mass is 9.79. The number of carbonyl (C=O) groups excluding carboxylic acids is 1. The van der Waals surface area contributed by atoms with Gasteiger partial charge >= 0.3 is 12.2 Å². The summed E-state index contributed by atoms with van der Waals surface area (Å²) in [6.45, 7) is 0. The minimum atomic E-state index is -4.78. The Hall–Kier alpha value is -3.13. The van der Waals surface area contributed by atoms with E-state index in [1.54, 1.807) is 36.4 Å². The topological polar surface area (TPSA) is 54.0 Å². The van der Waals surface area contributed by atoms with E-state index in [2.05, 4.69) is 15.6 Å². The van der Waals surface area contributed by atoms with Gasteiger partial charge < -0.3 is 10.6 Å². The molecule has 2 aliphatic carbocycles. The van der Waals surface area contributed by atoms with E-state index in [0.717, 1.165) is 43.4 Å². The molecule has 2 bridgehead atoms. The molecule has 1 heterocycles. The molecule has 4 atom stereocenters. The molecule has 0 unspecified atom stereocenters. The van der Waals surface area contributed by atoms with Gasteiger partial charge in [-0.2, -0.15) is 13.2 Å². The Morgan fingerprint density at radius 2 is 1.76 bits per heavy atom. The molecule has 3 aromatic rings. The third-order valence-electron chi connectivity index (χ3n) is 7.58. The number of fused-ring (bicyclic) bond motifs is 2. The maximum Gasteiger partial charge on any atom is 0.416 e. The Morgan fingerprint density at radius 1 is 1.00 bits per heavy atom. The Balaban J connectivity index is 1.62. The highest BCUT2D eigenvalue weighted by Gasteiger charge is 2.43. The molecule has 2 fully saturated rings. The first-order valence-electron chi connectivity index (χ1n) is 12.3. The van der Waals surface area contributed by atoms with E-state index in [-0.39, 0.29) is 23.7 Å². The van der Waals surface area contributed by atoms with Gasteiger partial charge in [-0.25, -0.2) is 9.18 Å². The zero-order chi connectivity index (χ0) is 26.2. The highest BCUT2D eigenvalue weighted by molar-refractivity contribution is 6.30. The minimum absolute atomic E-state index is 0.00963. The fourth-order valence-electron chi connectivity index (χ4n) is 5.87. The average Bonchev–Trinajstić information content (AvgIpc) is 3.47. The summed E-state index contributed by atoms with van der Waals surface area (Å²) >= 11 is 6.06. The van der Waals surface area contributed by atoms with Crippen LogP contribution in [0.1, 0.15) is 48.1 Å². The number of halogens is 5. The van der Waals surface area contributed by atoms with Crippen molar-refractivity contribution in [2.45, 2.75) is 49.9 Å². The van der Waals surface area contributed by atoms with Crippen molar-refractivity contribution in [1.82, 2.24) is 15.6 Å². The summed E-state index contributed by atoms with van der Waals surface area (Å²) in [4.78, 5) is 17.9. The molecule has 5 rings (SSSR count). The highest BCUT2D eigenvalue weighted by atomic mass is 35.5. The van der Waals surface area contributed by atoms with E-state index in [9.17, 15) is 22.4 Å². The Kier molecular flexibility index (Phi) is 6.88. The monoisotopic (exact) mass is 531 g/mol. The van der Waals surface area contributed by atoms with Crippen molar-refractivity contribution in [1.29, 1.82) is 0 Å². The number of hydrogen-bond acceptors (Lipinski definition) is 2. The summed E-state index contributed by atoms with van der Waals surface area (Å²) in [5.74, 6) is -0.0923. The summed E-state index contributed by atoms with van der Waals surface area (Å²) in [5.41, 5.74) is -1.87. The molecule has 2 saturated carbocycles. The lowest BCUT2D eigenvalue weighted by molar-refractivity contribution is -0.137. The van der Waals surface area contributed by atoms with E-state index >= 15 is 0 Å². The molecule has 2 aliphatic rings. The second kappa shape index (κ2) is 9.97. The van der Waals surface area contributed by atoms with Crippen molar-refractivity contribution in [2.24, 2.45) is 11.8 Å². The number of nitrogens with one attached hydrogen (secondary N) is 2. The normalized spacial score (nSPS) is 22.5. The zero-order valence-corrected chi connectivity index (χ0v) is 20.6. The molecule has 2 amide bonds. The van der Waals surface area contributed by atoms with Crippen molar-refractivity contribution in [3.63, 3.8) is 0 Å². The number of pyridine rings is 1. The summed E-state index contributed by atoms with van der Waals surface area (Å²) in [6, 6.07) is 13.9. The maximum atomic E-state index is 14.7. The zero-order valence-electron chi connectivity index (χ0n) is 19.9. The predicted octanol–water partition coefficient (Wildman–Crippen LogP) is 6.87. The van der Waals surface area contributed by atoms with Gasteiger partial charge in [0.05, 0.1) is 16.3 Å². The minimum Gasteiger partial charge on any atom is -0.335 e. The van der Waals surface area contributed by atoms with Crippen LogP contribution in [0.25, 0.3) is 0 Å². The van der Waals surface area contributed by atoms with Crippen molar-refractivity contribution in [2.75, 3.05) is 0 Å². The van der Waals surface area contributed by atoms with Crippen LogP contribution in [-0.2, 0) is 18.1 Å². The molecule has 0 aliphatic heterocycles. The molecule has 2 aromatic carbocycles. The Morgan fingerprint density at radius 3 is 2.38 bits per heavy atom. The van der Waals surface area contributed by atoms with Crippen molar-refractivity contribution in [3.05, 3.63) is 100 Å². The molecule has 0 radical (unpaired) electrons. The molecule has 0 spiro atoms. The quantitative estimate of drug-likeness (QED) is 0.341. The van der Waals surface area contributed by atoms with Crippen LogP contribution < -0.4 is 10.6 Å². The van der Waals surface area contributed by atoms with Gasteiger partial charge in [0.1, 0.15) is 11.4 Å². The fraction of sp³-hybridized carbons (Fsp3) is 0.357. The average molecular weight is 532 g/mol. The number of nitrogens with zero attached hydrogens (tertiary/aromatic N) is 1. The van der Waals surface area contributed by atoms with Crippen LogP contribution in [0.5, 0.6) is 0 Å². The molecule has 1 aromatic heterocycles. The van der Waals surface area contributed by atoms with Crippen molar-refractivity contribution < 1.29 is 22.4 Å². The summed E-state index contributed by atoms with van der Waals surface area (Å²) in [5, 5.41) is 6.29. The van der Waals surface area contributed by atoms with Gasteiger partial charge in [-0.15, -0.1) is 0 Å². The van der Waals surface area contributed by atoms with Crippen LogP contribution in [0.3, 0.4) is 0 Å². The number of rotatable bonds is 6. The van der Waals surface area contributed by atoms with Crippen LogP contribution in [0, 0.1) is 17.7 Å². The maximum absolute atomic E-state index is 14.7. The third kappa shape index (κ3) is 5.44. The van der Waals surface area contributed by atoms with E-state index in [4.69, 9.17) is 11.6 Å². The van der Waals surface area contributed by atoms with Gasteiger partial charge in [-0.3, -0.25) is 4.98 Å². The van der Waals surface area contributed by atoms with Crippen molar-refractivity contribution in [3.8, 4) is 0 Å². The first-order chi connectivity index (χ1) is 17.6. The molecular formula is C28H26ClF4N3O. The fourth-order valence-corrected chi connectivity index (χ4v) is 5.98. The number of amides is 2. The number of urea groups is 1. The van der Waals surface area contributed by atoms with E-state index in [1.165, 1.54) is 6.20 Å². The third-order valence-corrected chi connectivity index (χ3v) is 7.80. The molecule has 0 saturated heterocycles. The molecule has 9 heteroatoms. The molecule has 4 nitrogen and oxygen atoms in total. The SMILES string of the molecule is O=C(N[C@H]1C[C@H]2CC[C@@H]1C2)N[C@@](Cc1ccccc1)(c1cc(F)cc(C(F)(F)F)c1)c1ccc(Cl)cn1. The van der Waals surface area contributed by atoms with Crippen molar-refractivity contribution >= 4 is 17.6 Å². The van der Waals surface area contributed by atoms with Gasteiger partial charge in [0.2, 0.25) is 0 Å². The molecule has 37 heavy (non-hydrogen) atoms. The van der Waals surface area contributed by atoms with Crippen LogP contribution >= 0.6 is 11.6 Å². The van der Waals surface area contributed by atoms with Crippen LogP contribution in [0.2, 0.25) is 5.02 Å². The van der Waals surface area contributed by atoms with E-state index < -0.39 is 29.1 Å². The van der Waals surface area contributed by atoms with Gasteiger partial charge in [-0.1, -0.05) is 48.4 Å². The summed E-state index contributed by atoms with van der Waals surface area (Å²) < 4.78 is 55.9. The first-order valence-corrected chi connectivity index (χ1v) is 12.6. The molecular weight excluding hydrogens is 506 g/mol. The van der Waals surface area contributed by atoms with E-state index in [1.807, 2.05) is 6.07 Å². The molecule has 2 N–H and O–H groups in total. The smallest absolute Gasteiger partial charge is 0.335 e. The van der Waals surface area contributed by atoms with Gasteiger partial charge in [0.15, 0.2) is 0 Å². The van der Waals surface area contributed by atoms with Gasteiger partial charge in [-0.05, 0) is 72.6 Å².